The normalized spacial score (nSPS) is 25.5. The maximum Gasteiger partial charge on any atom is 0.140 e. The van der Waals surface area contributed by atoms with E-state index in [2.05, 4.69) is 18.2 Å². The van der Waals surface area contributed by atoms with E-state index in [0.29, 0.717) is 24.7 Å². The summed E-state index contributed by atoms with van der Waals surface area (Å²) in [5, 5.41) is 0. The van der Waals surface area contributed by atoms with Gasteiger partial charge in [-0.2, -0.15) is 0 Å². The first-order chi connectivity index (χ1) is 9.28. The van der Waals surface area contributed by atoms with Crippen LogP contribution in [0.5, 0.6) is 0 Å². The zero-order chi connectivity index (χ0) is 13.2. The molecule has 0 heterocycles. The predicted molar refractivity (Wildman–Crippen MR) is 77.1 cm³/mol. The first-order valence-electron chi connectivity index (χ1n) is 7.61. The summed E-state index contributed by atoms with van der Waals surface area (Å²) in [7, 11) is 0. The Hall–Kier alpha value is -1.15. The lowest BCUT2D eigenvalue weighted by Crippen LogP contribution is -2.26. The number of rotatable bonds is 4. The Bertz CT molecular complexity index is 480. The summed E-state index contributed by atoms with van der Waals surface area (Å²) in [6.45, 7) is 0.667. The highest BCUT2D eigenvalue weighted by atomic mass is 16.1. The average molecular weight is 257 g/mol. The van der Waals surface area contributed by atoms with E-state index in [1.165, 1.54) is 42.4 Å². The Morgan fingerprint density at radius 1 is 1.16 bits per heavy atom. The van der Waals surface area contributed by atoms with Gasteiger partial charge in [-0.1, -0.05) is 24.6 Å². The van der Waals surface area contributed by atoms with E-state index in [0.717, 1.165) is 12.8 Å². The topological polar surface area (TPSA) is 43.1 Å². The van der Waals surface area contributed by atoms with Crippen LogP contribution in [0, 0.1) is 11.8 Å². The highest BCUT2D eigenvalue weighted by Gasteiger charge is 2.31. The number of fused-ring (bicyclic) bond motifs is 1. The molecule has 2 nitrogen and oxygen atoms in total. The minimum absolute atomic E-state index is 0.221. The van der Waals surface area contributed by atoms with Crippen molar-refractivity contribution in [3.05, 3.63) is 34.9 Å². The van der Waals surface area contributed by atoms with Crippen LogP contribution in [0.3, 0.4) is 0 Å². The van der Waals surface area contributed by atoms with Crippen LogP contribution in [0.25, 0.3) is 0 Å². The van der Waals surface area contributed by atoms with Gasteiger partial charge in [-0.15, -0.1) is 0 Å². The van der Waals surface area contributed by atoms with Crippen molar-refractivity contribution in [1.82, 2.24) is 0 Å². The zero-order valence-corrected chi connectivity index (χ0v) is 11.5. The summed E-state index contributed by atoms with van der Waals surface area (Å²) >= 11 is 0. The molecule has 0 aromatic heterocycles. The lowest BCUT2D eigenvalue weighted by molar-refractivity contribution is -0.123. The molecule has 3 rings (SSSR count). The number of aryl methyl sites for hydroxylation is 2. The Morgan fingerprint density at radius 2 is 2.00 bits per heavy atom. The Balaban J connectivity index is 1.69. The molecular formula is C17H23NO. The number of Topliss-reactive ketones (excluding diaryl/α,β-unsaturated/α-hetero) is 1. The first-order valence-corrected chi connectivity index (χ1v) is 7.61. The molecule has 2 unspecified atom stereocenters. The summed E-state index contributed by atoms with van der Waals surface area (Å²) in [6.07, 6.45) is 7.62. The van der Waals surface area contributed by atoms with E-state index in [9.17, 15) is 4.79 Å². The molecule has 2 aliphatic carbocycles. The molecular weight excluding hydrogens is 234 g/mol. The molecule has 0 amide bonds. The number of nitrogens with two attached hydrogens (primary N) is 1. The molecule has 0 aliphatic heterocycles. The van der Waals surface area contributed by atoms with Crippen molar-refractivity contribution in [2.75, 3.05) is 6.54 Å². The second-order valence-electron chi connectivity index (χ2n) is 6.13. The van der Waals surface area contributed by atoms with Gasteiger partial charge < -0.3 is 5.73 Å². The summed E-state index contributed by atoms with van der Waals surface area (Å²) in [4.78, 5) is 12.4. The van der Waals surface area contributed by atoms with Gasteiger partial charge in [0.15, 0.2) is 0 Å². The van der Waals surface area contributed by atoms with E-state index >= 15 is 0 Å². The summed E-state index contributed by atoms with van der Waals surface area (Å²) in [5.41, 5.74) is 9.93. The van der Waals surface area contributed by atoms with Gasteiger partial charge in [0.25, 0.3) is 0 Å². The smallest absolute Gasteiger partial charge is 0.140 e. The zero-order valence-electron chi connectivity index (χ0n) is 11.5. The summed E-state index contributed by atoms with van der Waals surface area (Å²) in [6, 6.07) is 6.63. The van der Waals surface area contributed by atoms with Crippen molar-refractivity contribution in [3.63, 3.8) is 0 Å². The fraction of sp³-hybridized carbons (Fsp3) is 0.588. The van der Waals surface area contributed by atoms with Crippen LogP contribution in [-0.4, -0.2) is 12.3 Å². The average Bonchev–Trinajstić information content (AvgIpc) is 3.06. The van der Waals surface area contributed by atoms with Gasteiger partial charge in [-0.25, -0.2) is 0 Å². The highest BCUT2D eigenvalue weighted by molar-refractivity contribution is 5.83. The molecule has 102 valence electrons. The molecule has 0 saturated heterocycles. The summed E-state index contributed by atoms with van der Waals surface area (Å²) < 4.78 is 0. The summed E-state index contributed by atoms with van der Waals surface area (Å²) in [5.74, 6) is 1.06. The second-order valence-corrected chi connectivity index (χ2v) is 6.13. The highest BCUT2D eigenvalue weighted by Crippen LogP contribution is 2.32. The maximum absolute atomic E-state index is 12.4. The van der Waals surface area contributed by atoms with Gasteiger partial charge in [0, 0.05) is 12.3 Å². The Labute approximate surface area is 115 Å². The predicted octanol–water partition coefficient (Wildman–Crippen LogP) is 2.66. The molecule has 2 atom stereocenters. The van der Waals surface area contributed by atoms with Gasteiger partial charge in [-0.05, 0) is 61.3 Å². The van der Waals surface area contributed by atoms with Gasteiger partial charge in [-0.3, -0.25) is 4.79 Å². The largest absolute Gasteiger partial charge is 0.330 e. The number of ketones is 1. The number of benzene rings is 1. The standard InChI is InChI=1S/C17H23NO/c18-11-15-5-2-6-16(15)17(19)10-12-7-8-13-3-1-4-14(13)9-12/h7-9,15-16H,1-6,10-11,18H2. The minimum atomic E-state index is 0.221. The van der Waals surface area contributed by atoms with Crippen LogP contribution in [0.15, 0.2) is 18.2 Å². The monoisotopic (exact) mass is 257 g/mol. The SMILES string of the molecule is NCC1CCCC1C(=O)Cc1ccc2c(c1)CCC2. The fourth-order valence-electron chi connectivity index (χ4n) is 3.81. The molecule has 0 bridgehead atoms. The van der Waals surface area contributed by atoms with Gasteiger partial charge in [0.1, 0.15) is 5.78 Å². The van der Waals surface area contributed by atoms with Crippen molar-refractivity contribution in [3.8, 4) is 0 Å². The van der Waals surface area contributed by atoms with Gasteiger partial charge >= 0.3 is 0 Å². The van der Waals surface area contributed by atoms with Crippen molar-refractivity contribution < 1.29 is 4.79 Å². The minimum Gasteiger partial charge on any atom is -0.330 e. The third-order valence-electron chi connectivity index (χ3n) is 4.92. The van der Waals surface area contributed by atoms with Crippen LogP contribution < -0.4 is 5.73 Å². The van der Waals surface area contributed by atoms with E-state index in [4.69, 9.17) is 5.73 Å². The molecule has 2 aliphatic rings. The molecule has 19 heavy (non-hydrogen) atoms. The van der Waals surface area contributed by atoms with Crippen LogP contribution >= 0.6 is 0 Å². The molecule has 0 radical (unpaired) electrons. The van der Waals surface area contributed by atoms with Crippen LogP contribution in [0.4, 0.5) is 0 Å². The van der Waals surface area contributed by atoms with Gasteiger partial charge in [0.2, 0.25) is 0 Å². The molecule has 2 N–H and O–H groups in total. The van der Waals surface area contributed by atoms with E-state index in [1.54, 1.807) is 0 Å². The van der Waals surface area contributed by atoms with Crippen molar-refractivity contribution in [2.24, 2.45) is 17.6 Å². The third-order valence-corrected chi connectivity index (χ3v) is 4.92. The molecule has 1 fully saturated rings. The van der Waals surface area contributed by atoms with Crippen molar-refractivity contribution in [2.45, 2.75) is 44.9 Å². The second kappa shape index (κ2) is 5.46. The van der Waals surface area contributed by atoms with E-state index < -0.39 is 0 Å². The van der Waals surface area contributed by atoms with Crippen LogP contribution in [0.1, 0.15) is 42.4 Å². The van der Waals surface area contributed by atoms with E-state index in [-0.39, 0.29) is 5.92 Å². The molecule has 1 aromatic rings. The number of hydrogen-bond acceptors (Lipinski definition) is 2. The molecule has 0 spiro atoms. The molecule has 1 aromatic carbocycles. The van der Waals surface area contributed by atoms with E-state index in [1.807, 2.05) is 0 Å². The molecule has 2 heteroatoms. The third kappa shape index (κ3) is 2.59. The lowest BCUT2D eigenvalue weighted by atomic mass is 9.88. The van der Waals surface area contributed by atoms with Crippen molar-refractivity contribution in [1.29, 1.82) is 0 Å². The molecule has 1 saturated carbocycles. The maximum atomic E-state index is 12.4. The van der Waals surface area contributed by atoms with Gasteiger partial charge in [0.05, 0.1) is 0 Å². The van der Waals surface area contributed by atoms with Crippen LogP contribution in [0.2, 0.25) is 0 Å². The number of hydrogen-bond donors (Lipinski definition) is 1. The number of carbonyl (C=O) groups is 1. The first kappa shape index (κ1) is 12.9. The quantitative estimate of drug-likeness (QED) is 0.901. The Morgan fingerprint density at radius 3 is 2.84 bits per heavy atom. The number of carbonyl (C=O) groups excluding carboxylic acids is 1. The van der Waals surface area contributed by atoms with Crippen LogP contribution in [-0.2, 0) is 24.1 Å². The fourth-order valence-corrected chi connectivity index (χ4v) is 3.81. The van der Waals surface area contributed by atoms with Crippen molar-refractivity contribution >= 4 is 5.78 Å². The lowest BCUT2D eigenvalue weighted by Gasteiger charge is -2.16. The Kier molecular flexibility index (Phi) is 3.69.